The zero-order chi connectivity index (χ0) is 25.2. The number of benzene rings is 2. The minimum Gasteiger partial charge on any atom is -0.453 e. The van der Waals surface area contributed by atoms with E-state index in [0.29, 0.717) is 34.8 Å². The quantitative estimate of drug-likeness (QED) is 0.423. The zero-order valence-electron chi connectivity index (χ0n) is 19.1. The van der Waals surface area contributed by atoms with Gasteiger partial charge in [0.2, 0.25) is 5.91 Å². The Hall–Kier alpha value is -4.44. The van der Waals surface area contributed by atoms with Crippen molar-refractivity contribution in [3.8, 4) is 16.8 Å². The van der Waals surface area contributed by atoms with Crippen molar-refractivity contribution in [2.75, 3.05) is 17.7 Å². The lowest BCUT2D eigenvalue weighted by Crippen LogP contribution is -2.31. The highest BCUT2D eigenvalue weighted by atomic mass is 35.5. The number of pyridine rings is 1. The molecule has 0 saturated heterocycles. The predicted octanol–water partition coefficient (Wildman–Crippen LogP) is 4.05. The fourth-order valence-corrected chi connectivity index (χ4v) is 4.49. The minimum absolute atomic E-state index is 0.271. The number of methoxy groups -OCH3 is 1. The van der Waals surface area contributed by atoms with Gasteiger partial charge in [-0.3, -0.25) is 19.5 Å². The van der Waals surface area contributed by atoms with Gasteiger partial charge in [0.1, 0.15) is 18.7 Å². The molecule has 36 heavy (non-hydrogen) atoms. The molecule has 3 heterocycles. The second-order valence-electron chi connectivity index (χ2n) is 8.21. The van der Waals surface area contributed by atoms with Gasteiger partial charge in [0, 0.05) is 33.7 Å². The largest absolute Gasteiger partial charge is 0.453 e. The highest BCUT2D eigenvalue weighted by Gasteiger charge is 2.30. The van der Waals surface area contributed by atoms with E-state index in [9.17, 15) is 14.4 Å². The Labute approximate surface area is 210 Å². The van der Waals surface area contributed by atoms with E-state index in [0.717, 1.165) is 16.9 Å². The molecule has 11 heteroatoms. The number of halogens is 1. The van der Waals surface area contributed by atoms with E-state index in [4.69, 9.17) is 11.6 Å². The summed E-state index contributed by atoms with van der Waals surface area (Å²) in [4.78, 5) is 37.6. The maximum Gasteiger partial charge on any atom is 0.411 e. The Morgan fingerprint density at radius 3 is 2.39 bits per heavy atom. The van der Waals surface area contributed by atoms with Crippen LogP contribution in [0.5, 0.6) is 0 Å². The predicted molar refractivity (Wildman–Crippen MR) is 135 cm³/mol. The number of aromatic nitrogens is 4. The SMILES string of the molecule is COC(=O)Nc1ccc(NC(=O)C2CCc3cc(-c4cc(Cl)ccc4-n4cnnc4)cc(=O)n32)cc1. The number of carbonyl (C=O) groups excluding carboxylic acids is 2. The highest BCUT2D eigenvalue weighted by molar-refractivity contribution is 6.31. The molecule has 0 aliphatic carbocycles. The molecule has 0 bridgehead atoms. The van der Waals surface area contributed by atoms with Crippen molar-refractivity contribution in [3.63, 3.8) is 0 Å². The first-order chi connectivity index (χ1) is 17.4. The van der Waals surface area contributed by atoms with Gasteiger partial charge in [0.15, 0.2) is 0 Å². The summed E-state index contributed by atoms with van der Waals surface area (Å²) >= 11 is 6.27. The Morgan fingerprint density at radius 2 is 1.69 bits per heavy atom. The fourth-order valence-electron chi connectivity index (χ4n) is 4.32. The van der Waals surface area contributed by atoms with Crippen LogP contribution in [-0.4, -0.2) is 38.4 Å². The van der Waals surface area contributed by atoms with Gasteiger partial charge >= 0.3 is 6.09 Å². The topological polar surface area (TPSA) is 120 Å². The number of nitrogens with one attached hydrogen (secondary N) is 2. The normalized spacial score (nSPS) is 14.2. The maximum atomic E-state index is 13.2. The molecule has 0 fully saturated rings. The van der Waals surface area contributed by atoms with Crippen molar-refractivity contribution >= 4 is 35.0 Å². The molecular weight excluding hydrogens is 484 g/mol. The Balaban J connectivity index is 1.40. The lowest BCUT2D eigenvalue weighted by Gasteiger charge is -2.16. The summed E-state index contributed by atoms with van der Waals surface area (Å²) in [7, 11) is 1.28. The highest BCUT2D eigenvalue weighted by Crippen LogP contribution is 2.33. The van der Waals surface area contributed by atoms with Crippen LogP contribution in [0.1, 0.15) is 18.2 Å². The molecule has 10 nitrogen and oxygen atoms in total. The number of hydrogen-bond acceptors (Lipinski definition) is 6. The molecule has 2 aromatic carbocycles. The minimum atomic E-state index is -0.633. The lowest BCUT2D eigenvalue weighted by atomic mass is 10.0. The molecule has 0 saturated carbocycles. The fraction of sp³-hybridized carbons (Fsp3) is 0.160. The van der Waals surface area contributed by atoms with Crippen LogP contribution in [0.4, 0.5) is 16.2 Å². The number of ether oxygens (including phenoxy) is 1. The molecule has 2 aromatic heterocycles. The van der Waals surface area contributed by atoms with Crippen LogP contribution in [0.15, 0.2) is 72.0 Å². The van der Waals surface area contributed by atoms with Crippen molar-refractivity contribution < 1.29 is 14.3 Å². The van der Waals surface area contributed by atoms with Gasteiger partial charge in [-0.2, -0.15) is 0 Å². The van der Waals surface area contributed by atoms with Crippen molar-refractivity contribution in [3.05, 3.63) is 88.3 Å². The average molecular weight is 505 g/mol. The summed E-state index contributed by atoms with van der Waals surface area (Å²) in [5, 5.41) is 13.7. The molecule has 1 aliphatic heterocycles. The van der Waals surface area contributed by atoms with E-state index in [1.54, 1.807) is 53.6 Å². The second kappa shape index (κ2) is 9.67. The van der Waals surface area contributed by atoms with Crippen LogP contribution in [0, 0.1) is 0 Å². The first-order valence-corrected chi connectivity index (χ1v) is 11.5. The number of fused-ring (bicyclic) bond motifs is 1. The summed E-state index contributed by atoms with van der Waals surface area (Å²) in [6.45, 7) is 0. The number of amides is 2. The van der Waals surface area contributed by atoms with Crippen molar-refractivity contribution in [2.45, 2.75) is 18.9 Å². The van der Waals surface area contributed by atoms with Crippen LogP contribution in [-0.2, 0) is 16.0 Å². The first kappa shape index (κ1) is 23.3. The summed E-state index contributed by atoms with van der Waals surface area (Å²) in [6, 6.07) is 14.8. The molecule has 1 aliphatic rings. The monoisotopic (exact) mass is 504 g/mol. The van der Waals surface area contributed by atoms with Gasteiger partial charge in [0.25, 0.3) is 5.56 Å². The number of aryl methyl sites for hydroxylation is 1. The molecule has 4 aromatic rings. The number of hydrogen-bond donors (Lipinski definition) is 2. The smallest absolute Gasteiger partial charge is 0.411 e. The molecule has 1 atom stereocenters. The van der Waals surface area contributed by atoms with E-state index < -0.39 is 12.1 Å². The van der Waals surface area contributed by atoms with Crippen LogP contribution >= 0.6 is 11.6 Å². The summed E-state index contributed by atoms with van der Waals surface area (Å²) < 4.78 is 7.85. The first-order valence-electron chi connectivity index (χ1n) is 11.1. The van der Waals surface area contributed by atoms with Crippen molar-refractivity contribution in [2.24, 2.45) is 0 Å². The van der Waals surface area contributed by atoms with Gasteiger partial charge in [-0.1, -0.05) is 11.6 Å². The molecule has 5 rings (SSSR count). The Bertz CT molecular complexity index is 1500. The Kier molecular flexibility index (Phi) is 6.26. The summed E-state index contributed by atoms with van der Waals surface area (Å²) in [5.41, 5.74) is 3.82. The molecule has 0 spiro atoms. The number of carbonyl (C=O) groups is 2. The van der Waals surface area contributed by atoms with Crippen molar-refractivity contribution in [1.82, 2.24) is 19.3 Å². The van der Waals surface area contributed by atoms with E-state index in [1.807, 2.05) is 12.1 Å². The molecule has 1 unspecified atom stereocenters. The molecule has 2 N–H and O–H groups in total. The van der Waals surface area contributed by atoms with Crippen LogP contribution in [0.2, 0.25) is 5.02 Å². The number of rotatable bonds is 5. The Morgan fingerprint density at radius 1 is 1.00 bits per heavy atom. The molecule has 0 radical (unpaired) electrons. The van der Waals surface area contributed by atoms with Crippen molar-refractivity contribution in [1.29, 1.82) is 0 Å². The van der Waals surface area contributed by atoms with E-state index in [2.05, 4.69) is 25.6 Å². The van der Waals surface area contributed by atoms with Crippen LogP contribution in [0.3, 0.4) is 0 Å². The summed E-state index contributed by atoms with van der Waals surface area (Å²) in [6.07, 6.45) is 3.64. The van der Waals surface area contributed by atoms with Gasteiger partial charge in [-0.15, -0.1) is 10.2 Å². The van der Waals surface area contributed by atoms with E-state index >= 15 is 0 Å². The number of anilines is 2. The van der Waals surface area contributed by atoms with Gasteiger partial charge in [-0.25, -0.2) is 4.79 Å². The van der Waals surface area contributed by atoms with Crippen LogP contribution in [0.25, 0.3) is 16.8 Å². The third kappa shape index (κ3) is 4.58. The van der Waals surface area contributed by atoms with Gasteiger partial charge in [-0.05, 0) is 66.9 Å². The summed E-state index contributed by atoms with van der Waals surface area (Å²) in [5.74, 6) is -0.287. The third-order valence-electron chi connectivity index (χ3n) is 5.99. The number of nitrogens with zero attached hydrogens (tertiary/aromatic N) is 4. The molecule has 182 valence electrons. The van der Waals surface area contributed by atoms with Gasteiger partial charge in [0.05, 0.1) is 12.8 Å². The zero-order valence-corrected chi connectivity index (χ0v) is 19.9. The van der Waals surface area contributed by atoms with E-state index in [-0.39, 0.29) is 11.5 Å². The standard InChI is InChI=1S/C25H21ClN6O4/c1-36-25(35)30-18-5-3-17(4-6-18)29-24(34)22-9-7-19-10-15(11-23(33)32(19)22)20-12-16(26)2-8-21(20)31-13-27-28-14-31/h2-6,8,10-14,22H,7,9H2,1H3,(H,29,34)(H,30,35). The maximum absolute atomic E-state index is 13.2. The average Bonchev–Trinajstić information content (AvgIpc) is 3.56. The molecule has 2 amide bonds. The molecular formula is C25H21ClN6O4. The van der Waals surface area contributed by atoms with Gasteiger partial charge < -0.3 is 14.6 Å². The lowest BCUT2D eigenvalue weighted by molar-refractivity contribution is -0.119. The third-order valence-corrected chi connectivity index (χ3v) is 6.22. The van der Waals surface area contributed by atoms with E-state index in [1.165, 1.54) is 17.7 Å². The second-order valence-corrected chi connectivity index (χ2v) is 8.65. The van der Waals surface area contributed by atoms with Crippen LogP contribution < -0.4 is 16.2 Å².